The minimum absolute atomic E-state index is 0.0277. The maximum absolute atomic E-state index is 12.6. The zero-order chi connectivity index (χ0) is 17.1. The van der Waals surface area contributed by atoms with Crippen molar-refractivity contribution in [2.75, 3.05) is 19.6 Å². The summed E-state index contributed by atoms with van der Waals surface area (Å²) in [6.45, 7) is 4.04. The van der Waals surface area contributed by atoms with Crippen LogP contribution in [0, 0.1) is 6.92 Å². The summed E-state index contributed by atoms with van der Waals surface area (Å²) in [6, 6.07) is 9.49. The van der Waals surface area contributed by atoms with E-state index in [-0.39, 0.29) is 11.8 Å². The van der Waals surface area contributed by atoms with Gasteiger partial charge < -0.3 is 9.80 Å². The molecule has 1 aliphatic rings. The maximum Gasteiger partial charge on any atom is 0.264 e. The smallest absolute Gasteiger partial charge is 0.264 e. The van der Waals surface area contributed by atoms with Crippen LogP contribution in [0.25, 0.3) is 0 Å². The number of rotatable bonds is 3. The Morgan fingerprint density at radius 2 is 2.08 bits per heavy atom. The van der Waals surface area contributed by atoms with Gasteiger partial charge in [0.05, 0.1) is 4.88 Å². The lowest BCUT2D eigenvalue weighted by molar-refractivity contribution is -0.130. The van der Waals surface area contributed by atoms with Crippen molar-refractivity contribution < 1.29 is 9.59 Å². The molecular weight excluding hydrogens is 344 g/mol. The molecule has 2 amide bonds. The second-order valence-electron chi connectivity index (χ2n) is 5.92. The molecule has 0 spiro atoms. The quantitative estimate of drug-likeness (QED) is 0.837. The van der Waals surface area contributed by atoms with Crippen molar-refractivity contribution in [2.24, 2.45) is 0 Å². The van der Waals surface area contributed by atoms with E-state index < -0.39 is 0 Å². The van der Waals surface area contributed by atoms with Crippen LogP contribution in [0.5, 0.6) is 0 Å². The number of hydrogen-bond acceptors (Lipinski definition) is 3. The molecule has 0 N–H and O–H groups in total. The average Bonchev–Trinajstić information content (AvgIpc) is 2.90. The molecule has 0 radical (unpaired) electrons. The van der Waals surface area contributed by atoms with Gasteiger partial charge in [-0.05, 0) is 41.6 Å². The summed E-state index contributed by atoms with van der Waals surface area (Å²) in [5.41, 5.74) is 2.00. The molecule has 1 aromatic carbocycles. The molecule has 0 saturated carbocycles. The predicted octanol–water partition coefficient (Wildman–Crippen LogP) is 3.58. The molecule has 3 rings (SSSR count). The second kappa shape index (κ2) is 7.36. The molecule has 4 nitrogen and oxygen atoms in total. The van der Waals surface area contributed by atoms with E-state index in [4.69, 9.17) is 11.6 Å². The van der Waals surface area contributed by atoms with E-state index in [2.05, 4.69) is 0 Å². The summed E-state index contributed by atoms with van der Waals surface area (Å²) in [5.74, 6) is 0.105. The van der Waals surface area contributed by atoms with Gasteiger partial charge >= 0.3 is 0 Å². The van der Waals surface area contributed by atoms with E-state index in [1.165, 1.54) is 11.3 Å². The zero-order valence-electron chi connectivity index (χ0n) is 13.5. The summed E-state index contributed by atoms with van der Waals surface area (Å²) in [5, 5.41) is 2.59. The Bertz CT molecular complexity index is 759. The average molecular weight is 363 g/mol. The number of thiophene rings is 1. The van der Waals surface area contributed by atoms with Gasteiger partial charge in [0, 0.05) is 37.6 Å². The van der Waals surface area contributed by atoms with Crippen LogP contribution in [0.1, 0.15) is 27.2 Å². The number of hydrogen-bond donors (Lipinski definition) is 0. The number of aryl methyl sites for hydroxylation is 1. The lowest BCUT2D eigenvalue weighted by atomic mass is 10.2. The number of carbonyl (C=O) groups is 2. The Morgan fingerprint density at radius 1 is 1.25 bits per heavy atom. The molecule has 6 heteroatoms. The van der Waals surface area contributed by atoms with Gasteiger partial charge in [-0.25, -0.2) is 0 Å². The molecular formula is C18H19ClN2O2S. The first-order chi connectivity index (χ1) is 11.5. The highest BCUT2D eigenvalue weighted by Crippen LogP contribution is 2.20. The largest absolute Gasteiger partial charge is 0.337 e. The lowest BCUT2D eigenvalue weighted by Gasteiger charge is -2.22. The normalized spacial score (nSPS) is 15.5. The fourth-order valence-corrected chi connectivity index (χ4v) is 3.93. The van der Waals surface area contributed by atoms with Gasteiger partial charge in [-0.15, -0.1) is 11.3 Å². The van der Waals surface area contributed by atoms with Crippen LogP contribution >= 0.6 is 22.9 Å². The van der Waals surface area contributed by atoms with Crippen LogP contribution in [0.4, 0.5) is 0 Å². The molecule has 2 aromatic rings. The van der Waals surface area contributed by atoms with Gasteiger partial charge in [-0.2, -0.15) is 0 Å². The van der Waals surface area contributed by atoms with Gasteiger partial charge in [-0.3, -0.25) is 9.59 Å². The SMILES string of the molecule is Cc1ccsc1C(=O)N1CCC(=O)N(Cc2cccc(Cl)c2)CC1. The van der Waals surface area contributed by atoms with E-state index in [0.29, 0.717) is 37.6 Å². The van der Waals surface area contributed by atoms with E-state index in [1.807, 2.05) is 42.6 Å². The Balaban J connectivity index is 1.68. The molecule has 0 aliphatic carbocycles. The van der Waals surface area contributed by atoms with Gasteiger partial charge in [0.1, 0.15) is 0 Å². The van der Waals surface area contributed by atoms with Crippen LogP contribution in [0.3, 0.4) is 0 Å². The fraction of sp³-hybridized carbons (Fsp3) is 0.333. The number of carbonyl (C=O) groups excluding carboxylic acids is 2. The van der Waals surface area contributed by atoms with Crippen molar-refractivity contribution in [2.45, 2.75) is 19.9 Å². The molecule has 2 heterocycles. The maximum atomic E-state index is 12.6. The number of nitrogens with zero attached hydrogens (tertiary/aromatic N) is 2. The minimum Gasteiger partial charge on any atom is -0.337 e. The minimum atomic E-state index is 0.0277. The van der Waals surface area contributed by atoms with Crippen molar-refractivity contribution in [3.63, 3.8) is 0 Å². The Hall–Kier alpha value is -1.85. The fourth-order valence-electron chi connectivity index (χ4n) is 2.83. The predicted molar refractivity (Wildman–Crippen MR) is 96.4 cm³/mol. The molecule has 126 valence electrons. The first-order valence-corrected chi connectivity index (χ1v) is 9.16. The molecule has 1 aliphatic heterocycles. The van der Waals surface area contributed by atoms with Crippen molar-refractivity contribution in [3.8, 4) is 0 Å². The molecule has 1 fully saturated rings. The van der Waals surface area contributed by atoms with Crippen LogP contribution < -0.4 is 0 Å². The van der Waals surface area contributed by atoms with E-state index >= 15 is 0 Å². The van der Waals surface area contributed by atoms with E-state index in [9.17, 15) is 9.59 Å². The third-order valence-electron chi connectivity index (χ3n) is 4.19. The lowest BCUT2D eigenvalue weighted by Crippen LogP contribution is -2.35. The topological polar surface area (TPSA) is 40.6 Å². The highest BCUT2D eigenvalue weighted by Gasteiger charge is 2.25. The van der Waals surface area contributed by atoms with E-state index in [1.54, 1.807) is 9.80 Å². The van der Waals surface area contributed by atoms with Gasteiger partial charge in [-0.1, -0.05) is 23.7 Å². The first kappa shape index (κ1) is 17.0. The van der Waals surface area contributed by atoms with Gasteiger partial charge in [0.15, 0.2) is 0 Å². The summed E-state index contributed by atoms with van der Waals surface area (Å²) in [4.78, 5) is 29.4. The monoisotopic (exact) mass is 362 g/mol. The molecule has 0 atom stereocenters. The van der Waals surface area contributed by atoms with Crippen molar-refractivity contribution in [3.05, 3.63) is 56.7 Å². The Morgan fingerprint density at radius 3 is 2.79 bits per heavy atom. The summed E-state index contributed by atoms with van der Waals surface area (Å²) in [7, 11) is 0. The highest BCUT2D eigenvalue weighted by molar-refractivity contribution is 7.12. The summed E-state index contributed by atoms with van der Waals surface area (Å²) < 4.78 is 0. The molecule has 1 saturated heterocycles. The van der Waals surface area contributed by atoms with Gasteiger partial charge in [0.25, 0.3) is 5.91 Å². The summed E-state index contributed by atoms with van der Waals surface area (Å²) >= 11 is 7.47. The van der Waals surface area contributed by atoms with Crippen LogP contribution in [0.2, 0.25) is 5.02 Å². The molecule has 1 aromatic heterocycles. The van der Waals surface area contributed by atoms with Crippen LogP contribution in [-0.2, 0) is 11.3 Å². The van der Waals surface area contributed by atoms with Gasteiger partial charge in [0.2, 0.25) is 5.91 Å². The van der Waals surface area contributed by atoms with Crippen molar-refractivity contribution in [1.29, 1.82) is 0 Å². The molecule has 24 heavy (non-hydrogen) atoms. The second-order valence-corrected chi connectivity index (χ2v) is 7.27. The zero-order valence-corrected chi connectivity index (χ0v) is 15.1. The Labute approximate surface area is 150 Å². The third kappa shape index (κ3) is 3.79. The first-order valence-electron chi connectivity index (χ1n) is 7.90. The Kier molecular flexibility index (Phi) is 5.21. The van der Waals surface area contributed by atoms with E-state index in [0.717, 1.165) is 16.0 Å². The number of halogens is 1. The number of benzene rings is 1. The molecule has 0 bridgehead atoms. The van der Waals surface area contributed by atoms with Crippen LogP contribution in [0.15, 0.2) is 35.7 Å². The third-order valence-corrected chi connectivity index (χ3v) is 5.43. The summed E-state index contributed by atoms with van der Waals surface area (Å²) in [6.07, 6.45) is 0.358. The number of amides is 2. The van der Waals surface area contributed by atoms with Crippen molar-refractivity contribution >= 4 is 34.8 Å². The standard InChI is InChI=1S/C18H19ClN2O2S/c1-13-6-10-24-17(13)18(23)20-7-5-16(22)21(9-8-20)12-14-3-2-4-15(19)11-14/h2-4,6,10-11H,5,7-9,12H2,1H3. The highest BCUT2D eigenvalue weighted by atomic mass is 35.5. The van der Waals surface area contributed by atoms with Crippen molar-refractivity contribution in [1.82, 2.24) is 9.80 Å². The molecule has 0 unspecified atom stereocenters. The van der Waals surface area contributed by atoms with Crippen LogP contribution in [-0.4, -0.2) is 41.2 Å².